The molecule has 16 heavy (non-hydrogen) atoms. The number of rotatable bonds is 4. The van der Waals surface area contributed by atoms with Gasteiger partial charge in [-0.2, -0.15) is 12.6 Å². The van der Waals surface area contributed by atoms with Gasteiger partial charge in [-0.3, -0.25) is 0 Å². The van der Waals surface area contributed by atoms with Gasteiger partial charge in [-0.25, -0.2) is 8.42 Å². The van der Waals surface area contributed by atoms with Gasteiger partial charge in [0.25, 0.3) is 0 Å². The summed E-state index contributed by atoms with van der Waals surface area (Å²) in [6.45, 7) is 0. The summed E-state index contributed by atoms with van der Waals surface area (Å²) in [6.07, 6.45) is 1.21. The molecule has 5 heteroatoms. The van der Waals surface area contributed by atoms with Crippen LogP contribution in [0, 0.1) is 0 Å². The van der Waals surface area contributed by atoms with Crippen LogP contribution in [0.4, 0.5) is 0 Å². The van der Waals surface area contributed by atoms with E-state index in [0.717, 1.165) is 5.56 Å². The van der Waals surface area contributed by atoms with E-state index < -0.39 is 9.84 Å². The van der Waals surface area contributed by atoms with Crippen LogP contribution in [0.2, 0.25) is 0 Å². The number of hydrogen-bond acceptors (Lipinski definition) is 4. The van der Waals surface area contributed by atoms with Crippen molar-refractivity contribution in [2.45, 2.75) is 10.9 Å². The number of sulfone groups is 1. The Labute approximate surface area is 103 Å². The SMILES string of the molecule is CN(C)C(CS)c1ccc(S(C)(=O)=O)cc1. The molecular weight excluding hydrogens is 242 g/mol. The molecule has 3 nitrogen and oxygen atoms in total. The Hall–Kier alpha value is -0.520. The van der Waals surface area contributed by atoms with Crippen molar-refractivity contribution in [3.63, 3.8) is 0 Å². The largest absolute Gasteiger partial charge is 0.302 e. The van der Waals surface area contributed by atoms with E-state index in [-0.39, 0.29) is 6.04 Å². The molecular formula is C11H17NO2S2. The van der Waals surface area contributed by atoms with Crippen molar-refractivity contribution in [1.82, 2.24) is 4.90 Å². The van der Waals surface area contributed by atoms with Crippen molar-refractivity contribution in [2.24, 2.45) is 0 Å². The second-order valence-electron chi connectivity index (χ2n) is 4.00. The Balaban J connectivity index is 3.03. The smallest absolute Gasteiger partial charge is 0.175 e. The fourth-order valence-electron chi connectivity index (χ4n) is 1.50. The summed E-state index contributed by atoms with van der Waals surface area (Å²) in [5.41, 5.74) is 1.08. The molecule has 1 aromatic rings. The van der Waals surface area contributed by atoms with Crippen LogP contribution in [0.25, 0.3) is 0 Å². The first kappa shape index (κ1) is 13.5. The molecule has 0 fully saturated rings. The molecule has 0 radical (unpaired) electrons. The molecule has 90 valence electrons. The van der Waals surface area contributed by atoms with Crippen molar-refractivity contribution in [3.8, 4) is 0 Å². The van der Waals surface area contributed by atoms with Crippen LogP contribution in [-0.2, 0) is 9.84 Å². The third-order valence-electron chi connectivity index (χ3n) is 2.49. The molecule has 0 saturated carbocycles. The van der Waals surface area contributed by atoms with Crippen molar-refractivity contribution < 1.29 is 8.42 Å². The van der Waals surface area contributed by atoms with Gasteiger partial charge >= 0.3 is 0 Å². The summed E-state index contributed by atoms with van der Waals surface area (Å²) in [6, 6.07) is 7.18. The Kier molecular flexibility index (Phi) is 4.41. The van der Waals surface area contributed by atoms with Gasteiger partial charge in [0.1, 0.15) is 0 Å². The summed E-state index contributed by atoms with van der Waals surface area (Å²) in [5.74, 6) is 0.700. The molecule has 0 saturated heterocycles. The average Bonchev–Trinajstić information content (AvgIpc) is 2.17. The predicted molar refractivity (Wildman–Crippen MR) is 69.8 cm³/mol. The van der Waals surface area contributed by atoms with Crippen LogP contribution in [-0.4, -0.2) is 39.4 Å². The highest BCUT2D eigenvalue weighted by molar-refractivity contribution is 7.90. The number of thiol groups is 1. The third kappa shape index (κ3) is 3.23. The van der Waals surface area contributed by atoms with E-state index in [0.29, 0.717) is 10.6 Å². The van der Waals surface area contributed by atoms with Crippen LogP contribution in [0.15, 0.2) is 29.2 Å². The molecule has 1 aromatic carbocycles. The maximum atomic E-state index is 11.3. The highest BCUT2D eigenvalue weighted by Gasteiger charge is 2.13. The molecule has 1 unspecified atom stereocenters. The average molecular weight is 259 g/mol. The first-order valence-corrected chi connectivity index (χ1v) is 7.46. The normalized spacial score (nSPS) is 14.1. The van der Waals surface area contributed by atoms with Gasteiger partial charge in [0.15, 0.2) is 9.84 Å². The lowest BCUT2D eigenvalue weighted by Crippen LogP contribution is -2.21. The summed E-state index contributed by atoms with van der Waals surface area (Å²) >= 11 is 4.29. The highest BCUT2D eigenvalue weighted by atomic mass is 32.2. The third-order valence-corrected chi connectivity index (χ3v) is 3.96. The van der Waals surface area contributed by atoms with Crippen LogP contribution < -0.4 is 0 Å². The zero-order valence-electron chi connectivity index (χ0n) is 9.71. The van der Waals surface area contributed by atoms with Gasteiger partial charge in [-0.1, -0.05) is 12.1 Å². The van der Waals surface area contributed by atoms with Gasteiger partial charge in [-0.15, -0.1) is 0 Å². The van der Waals surface area contributed by atoms with Gasteiger partial charge in [-0.05, 0) is 31.8 Å². The van der Waals surface area contributed by atoms with Crippen molar-refractivity contribution >= 4 is 22.5 Å². The minimum absolute atomic E-state index is 0.206. The summed E-state index contributed by atoms with van der Waals surface area (Å²) in [5, 5.41) is 0. The van der Waals surface area contributed by atoms with Crippen molar-refractivity contribution in [1.29, 1.82) is 0 Å². The summed E-state index contributed by atoms with van der Waals surface area (Å²) < 4.78 is 22.6. The van der Waals surface area contributed by atoms with E-state index in [1.165, 1.54) is 6.26 Å². The predicted octanol–water partition coefficient (Wildman–Crippen LogP) is 1.62. The molecule has 0 amide bonds. The molecule has 0 N–H and O–H groups in total. The Morgan fingerprint density at radius 3 is 2.06 bits per heavy atom. The quantitative estimate of drug-likeness (QED) is 0.835. The summed E-state index contributed by atoms with van der Waals surface area (Å²) in [4.78, 5) is 2.41. The fourth-order valence-corrected chi connectivity index (χ4v) is 2.67. The second kappa shape index (κ2) is 5.21. The van der Waals surface area contributed by atoms with Gasteiger partial charge in [0.05, 0.1) is 4.90 Å². The van der Waals surface area contributed by atoms with Crippen molar-refractivity contribution in [3.05, 3.63) is 29.8 Å². The standard InChI is InChI=1S/C11H17NO2S2/c1-12(2)11(8-15)9-4-6-10(7-5-9)16(3,13)14/h4-7,11,15H,8H2,1-3H3. The fraction of sp³-hybridized carbons (Fsp3) is 0.455. The zero-order chi connectivity index (χ0) is 12.3. The van der Waals surface area contributed by atoms with E-state index in [9.17, 15) is 8.42 Å². The number of hydrogen-bond donors (Lipinski definition) is 1. The summed E-state index contributed by atoms with van der Waals surface area (Å²) in [7, 11) is 0.850. The first-order chi connectivity index (χ1) is 7.36. The second-order valence-corrected chi connectivity index (χ2v) is 6.38. The zero-order valence-corrected chi connectivity index (χ0v) is 11.4. The first-order valence-electron chi connectivity index (χ1n) is 4.93. The molecule has 0 spiro atoms. The Morgan fingerprint density at radius 1 is 1.25 bits per heavy atom. The Bertz CT molecular complexity index is 438. The van der Waals surface area contributed by atoms with E-state index in [2.05, 4.69) is 17.5 Å². The lowest BCUT2D eigenvalue weighted by atomic mass is 10.1. The molecule has 0 bridgehead atoms. The molecule has 0 aromatic heterocycles. The molecule has 1 atom stereocenters. The molecule has 0 heterocycles. The van der Waals surface area contributed by atoms with Crippen LogP contribution in [0.5, 0.6) is 0 Å². The van der Waals surface area contributed by atoms with Gasteiger partial charge in [0.2, 0.25) is 0 Å². The van der Waals surface area contributed by atoms with Gasteiger partial charge < -0.3 is 4.90 Å². The highest BCUT2D eigenvalue weighted by Crippen LogP contribution is 2.21. The number of benzene rings is 1. The minimum Gasteiger partial charge on any atom is -0.302 e. The number of nitrogens with zero attached hydrogens (tertiary/aromatic N) is 1. The van der Waals surface area contributed by atoms with Crippen molar-refractivity contribution in [2.75, 3.05) is 26.1 Å². The molecule has 0 aliphatic rings. The van der Waals surface area contributed by atoms with Crippen LogP contribution in [0.3, 0.4) is 0 Å². The lowest BCUT2D eigenvalue weighted by molar-refractivity contribution is 0.326. The van der Waals surface area contributed by atoms with E-state index in [1.54, 1.807) is 12.1 Å². The van der Waals surface area contributed by atoms with E-state index >= 15 is 0 Å². The van der Waals surface area contributed by atoms with E-state index in [4.69, 9.17) is 0 Å². The van der Waals surface area contributed by atoms with Gasteiger partial charge in [0, 0.05) is 18.1 Å². The molecule has 1 rings (SSSR count). The Morgan fingerprint density at radius 2 is 1.75 bits per heavy atom. The minimum atomic E-state index is -3.10. The van der Waals surface area contributed by atoms with E-state index in [1.807, 2.05) is 26.2 Å². The maximum Gasteiger partial charge on any atom is 0.175 e. The van der Waals surface area contributed by atoms with Crippen LogP contribution >= 0.6 is 12.6 Å². The lowest BCUT2D eigenvalue weighted by Gasteiger charge is -2.22. The van der Waals surface area contributed by atoms with Crippen LogP contribution in [0.1, 0.15) is 11.6 Å². The monoisotopic (exact) mass is 259 g/mol. The molecule has 0 aliphatic heterocycles. The topological polar surface area (TPSA) is 37.4 Å². The molecule has 0 aliphatic carbocycles. The maximum absolute atomic E-state index is 11.3.